The van der Waals surface area contributed by atoms with E-state index in [0.29, 0.717) is 0 Å². The number of hydrogen-bond acceptors (Lipinski definition) is 1. The summed E-state index contributed by atoms with van der Waals surface area (Å²) in [6, 6.07) is 9.61. The number of hydrogen-bond donors (Lipinski definition) is 1. The van der Waals surface area contributed by atoms with Crippen LogP contribution < -0.4 is 0 Å². The summed E-state index contributed by atoms with van der Waals surface area (Å²) in [6.07, 6.45) is 3.63. The van der Waals surface area contributed by atoms with Crippen LogP contribution >= 0.6 is 0 Å². The summed E-state index contributed by atoms with van der Waals surface area (Å²) >= 11 is 0. The zero-order valence-electron chi connectivity index (χ0n) is 9.07. The third-order valence-corrected chi connectivity index (χ3v) is 3.19. The summed E-state index contributed by atoms with van der Waals surface area (Å²) in [5, 5.41) is 9.32. The topological polar surface area (TPSA) is 37.3 Å². The Bertz CT molecular complexity index is 329. The Hall–Kier alpha value is -0.310. The number of aliphatic carboxylic acids is 1. The molecular formula is C12H14NaO2. The van der Waals surface area contributed by atoms with Crippen LogP contribution in [0.25, 0.3) is 0 Å². The van der Waals surface area contributed by atoms with Crippen LogP contribution in [0.15, 0.2) is 30.3 Å². The van der Waals surface area contributed by atoms with Crippen molar-refractivity contribution in [3.63, 3.8) is 0 Å². The molecule has 0 aromatic heterocycles. The zero-order chi connectivity index (χ0) is 10.0. The van der Waals surface area contributed by atoms with Gasteiger partial charge in [0, 0.05) is 29.6 Å². The van der Waals surface area contributed by atoms with Gasteiger partial charge in [-0.3, -0.25) is 4.79 Å². The van der Waals surface area contributed by atoms with Gasteiger partial charge in [-0.2, -0.15) is 0 Å². The fraction of sp³-hybridized carbons (Fsp3) is 0.417. The van der Waals surface area contributed by atoms with Crippen LogP contribution in [-0.4, -0.2) is 40.6 Å². The molecule has 1 aromatic rings. The van der Waals surface area contributed by atoms with Crippen molar-refractivity contribution in [1.29, 1.82) is 0 Å². The zero-order valence-corrected chi connectivity index (χ0v) is 11.1. The van der Waals surface area contributed by atoms with E-state index >= 15 is 0 Å². The molecule has 15 heavy (non-hydrogen) atoms. The fourth-order valence-corrected chi connectivity index (χ4v) is 2.36. The summed E-state index contributed by atoms with van der Waals surface area (Å²) in [5.41, 5.74) is 0.367. The van der Waals surface area contributed by atoms with Crippen LogP contribution in [0.4, 0.5) is 0 Å². The smallest absolute Gasteiger partial charge is 0.314 e. The van der Waals surface area contributed by atoms with Gasteiger partial charge in [0.2, 0.25) is 0 Å². The average Bonchev–Trinajstić information content (AvgIpc) is 2.69. The maximum absolute atomic E-state index is 11.3. The molecule has 1 saturated carbocycles. The molecule has 0 unspecified atom stereocenters. The first kappa shape index (κ1) is 12.8. The number of carbonyl (C=O) groups is 1. The molecule has 1 aliphatic rings. The molecule has 1 N–H and O–H groups in total. The Morgan fingerprint density at radius 3 is 2.13 bits per heavy atom. The monoisotopic (exact) mass is 213 g/mol. The van der Waals surface area contributed by atoms with E-state index in [1.807, 2.05) is 30.3 Å². The molecule has 2 nitrogen and oxygen atoms in total. The molecule has 0 bridgehead atoms. The fourth-order valence-electron chi connectivity index (χ4n) is 2.36. The first-order valence-electron chi connectivity index (χ1n) is 5.05. The molecule has 0 spiro atoms. The molecule has 0 amide bonds. The number of carboxylic acid groups (broad SMARTS) is 1. The van der Waals surface area contributed by atoms with Gasteiger partial charge in [0.1, 0.15) is 0 Å². The molecule has 1 aromatic carbocycles. The van der Waals surface area contributed by atoms with Gasteiger partial charge in [-0.25, -0.2) is 0 Å². The van der Waals surface area contributed by atoms with Crippen LogP contribution in [-0.2, 0) is 10.2 Å². The van der Waals surface area contributed by atoms with Gasteiger partial charge in [0.25, 0.3) is 0 Å². The predicted octanol–water partition coefficient (Wildman–Crippen LogP) is 2.20. The van der Waals surface area contributed by atoms with E-state index in [-0.39, 0.29) is 29.6 Å². The molecule has 0 aliphatic heterocycles. The van der Waals surface area contributed by atoms with E-state index in [4.69, 9.17) is 0 Å². The van der Waals surface area contributed by atoms with E-state index in [1.54, 1.807) is 0 Å². The molecule has 0 saturated heterocycles. The maximum atomic E-state index is 11.3. The Kier molecular flexibility index (Phi) is 4.38. The van der Waals surface area contributed by atoms with Gasteiger partial charge in [-0.15, -0.1) is 0 Å². The van der Waals surface area contributed by atoms with Crippen molar-refractivity contribution in [2.75, 3.05) is 0 Å². The molecular weight excluding hydrogens is 199 g/mol. The van der Waals surface area contributed by atoms with Crippen LogP contribution in [0, 0.1) is 0 Å². The summed E-state index contributed by atoms with van der Waals surface area (Å²) in [6.45, 7) is 0. The number of carboxylic acids is 1. The van der Waals surface area contributed by atoms with E-state index in [1.165, 1.54) is 0 Å². The standard InChI is InChI=1S/C12H14O2.Na/c13-11(14)12(8-4-5-9-12)10-6-2-1-3-7-10;/h1-3,6-7H,4-5,8-9H2,(H,13,14);. The van der Waals surface area contributed by atoms with Crippen molar-refractivity contribution >= 4 is 35.5 Å². The predicted molar refractivity (Wildman–Crippen MR) is 60.0 cm³/mol. The first-order chi connectivity index (χ1) is 6.76. The number of rotatable bonds is 2. The third kappa shape index (κ3) is 2.27. The van der Waals surface area contributed by atoms with Crippen molar-refractivity contribution < 1.29 is 9.90 Å². The Balaban J connectivity index is 0.00000112. The minimum Gasteiger partial charge on any atom is -0.481 e. The van der Waals surface area contributed by atoms with Crippen molar-refractivity contribution in [3.05, 3.63) is 35.9 Å². The van der Waals surface area contributed by atoms with Crippen molar-refractivity contribution in [1.82, 2.24) is 0 Å². The average molecular weight is 213 g/mol. The van der Waals surface area contributed by atoms with Crippen molar-refractivity contribution in [2.24, 2.45) is 0 Å². The molecule has 0 heterocycles. The molecule has 75 valence electrons. The van der Waals surface area contributed by atoms with E-state index < -0.39 is 11.4 Å². The van der Waals surface area contributed by atoms with Gasteiger partial charge in [0.15, 0.2) is 0 Å². The molecule has 1 aliphatic carbocycles. The molecule has 0 atom stereocenters. The van der Waals surface area contributed by atoms with E-state index in [0.717, 1.165) is 31.2 Å². The van der Waals surface area contributed by atoms with Crippen LogP contribution in [0.1, 0.15) is 31.2 Å². The largest absolute Gasteiger partial charge is 0.481 e. The van der Waals surface area contributed by atoms with Crippen LogP contribution in [0.5, 0.6) is 0 Å². The van der Waals surface area contributed by atoms with Gasteiger partial charge in [-0.1, -0.05) is 43.2 Å². The minimum absolute atomic E-state index is 0. The third-order valence-electron chi connectivity index (χ3n) is 3.19. The first-order valence-corrected chi connectivity index (χ1v) is 5.05. The Morgan fingerprint density at radius 2 is 1.67 bits per heavy atom. The van der Waals surface area contributed by atoms with Crippen molar-refractivity contribution in [3.8, 4) is 0 Å². The summed E-state index contributed by atoms with van der Waals surface area (Å²) in [4.78, 5) is 11.3. The molecule has 1 radical (unpaired) electrons. The minimum atomic E-state index is -0.666. The van der Waals surface area contributed by atoms with E-state index in [2.05, 4.69) is 0 Å². The van der Waals surface area contributed by atoms with Gasteiger partial charge in [-0.05, 0) is 18.4 Å². The van der Waals surface area contributed by atoms with Crippen molar-refractivity contribution in [2.45, 2.75) is 31.1 Å². The SMILES string of the molecule is O=C(O)C1(c2ccccc2)CCCC1.[Na]. The molecule has 1 fully saturated rings. The second-order valence-corrected chi connectivity index (χ2v) is 3.96. The Morgan fingerprint density at radius 1 is 1.13 bits per heavy atom. The second-order valence-electron chi connectivity index (χ2n) is 3.96. The summed E-state index contributed by atoms with van der Waals surface area (Å²) < 4.78 is 0. The van der Waals surface area contributed by atoms with E-state index in [9.17, 15) is 9.90 Å². The van der Waals surface area contributed by atoms with Gasteiger partial charge < -0.3 is 5.11 Å². The summed E-state index contributed by atoms with van der Waals surface area (Å²) in [7, 11) is 0. The number of benzene rings is 1. The van der Waals surface area contributed by atoms with Crippen LogP contribution in [0.2, 0.25) is 0 Å². The molecule has 3 heteroatoms. The molecule has 2 rings (SSSR count). The Labute approximate surface area is 112 Å². The van der Waals surface area contributed by atoms with Gasteiger partial charge >= 0.3 is 5.97 Å². The normalized spacial score (nSPS) is 18.1. The maximum Gasteiger partial charge on any atom is 0.314 e. The van der Waals surface area contributed by atoms with Gasteiger partial charge in [0.05, 0.1) is 5.41 Å². The second kappa shape index (κ2) is 5.15. The summed E-state index contributed by atoms with van der Waals surface area (Å²) in [5.74, 6) is -0.666. The quantitative estimate of drug-likeness (QED) is 0.765. The van der Waals surface area contributed by atoms with Crippen LogP contribution in [0.3, 0.4) is 0 Å².